The van der Waals surface area contributed by atoms with Gasteiger partial charge in [0.1, 0.15) is 0 Å². The molecule has 4 nitrogen and oxygen atoms in total. The topological polar surface area (TPSA) is 55.7 Å². The first-order valence-corrected chi connectivity index (χ1v) is 8.76. The first-order valence-electron chi connectivity index (χ1n) is 7.53. The van der Waals surface area contributed by atoms with Crippen molar-refractivity contribution < 1.29 is 27.1 Å². The van der Waals surface area contributed by atoms with Crippen LogP contribution in [0.3, 0.4) is 0 Å². The summed E-state index contributed by atoms with van der Waals surface area (Å²) in [5.74, 6) is -4.79. The Kier molecular flexibility index (Phi) is 7.76. The van der Waals surface area contributed by atoms with Crippen molar-refractivity contribution >= 4 is 17.7 Å². The number of rotatable bonds is 9. The number of unbranched alkanes of at least 4 members (excludes halogenated alkanes) is 1. The Morgan fingerprint density at radius 3 is 2.30 bits per heavy atom. The van der Waals surface area contributed by atoms with E-state index >= 15 is 0 Å². The number of alkyl halides is 4. The molecular formula is C14H21F4NO3S. The van der Waals surface area contributed by atoms with Crippen LogP contribution in [0.25, 0.3) is 0 Å². The molecule has 1 saturated carbocycles. The number of esters is 1. The van der Waals surface area contributed by atoms with Gasteiger partial charge < -0.3 is 4.74 Å². The van der Waals surface area contributed by atoms with E-state index in [0.29, 0.717) is 25.7 Å². The van der Waals surface area contributed by atoms with Gasteiger partial charge in [0.15, 0.2) is 0 Å². The van der Waals surface area contributed by atoms with E-state index in [1.54, 1.807) is 0 Å². The van der Waals surface area contributed by atoms with Gasteiger partial charge in [-0.15, -0.1) is 0 Å². The molecule has 0 aromatic carbocycles. The van der Waals surface area contributed by atoms with Crippen LogP contribution in [0, 0.1) is 10.8 Å². The predicted octanol–water partition coefficient (Wildman–Crippen LogP) is 4.62. The third-order valence-corrected chi connectivity index (χ3v) is 4.80. The molecule has 0 aromatic heterocycles. The largest absolute Gasteiger partial charge is 0.465 e. The standard InChI is InChI=1S/C14H21F4NO3S/c1-23-14(17,18)13(15,16)8-2-3-9-22-12(20)10-4-6-11(19-21)7-5-10/h10-11H,2-9H2,1H3. The molecule has 0 unspecified atom stereocenters. The van der Waals surface area contributed by atoms with Gasteiger partial charge in [-0.25, -0.2) is 0 Å². The second-order valence-corrected chi connectivity index (χ2v) is 6.58. The fourth-order valence-corrected chi connectivity index (χ4v) is 2.85. The molecule has 1 rings (SSSR count). The molecule has 1 aliphatic rings. The maximum absolute atomic E-state index is 13.2. The van der Waals surface area contributed by atoms with Crippen LogP contribution >= 0.6 is 11.8 Å². The number of carbonyl (C=O) groups is 1. The summed E-state index contributed by atoms with van der Waals surface area (Å²) < 4.78 is 57.4. The van der Waals surface area contributed by atoms with E-state index in [1.165, 1.54) is 0 Å². The molecular weight excluding hydrogens is 338 g/mol. The minimum absolute atomic E-state index is 0.0639. The zero-order chi connectivity index (χ0) is 17.5. The van der Waals surface area contributed by atoms with Crippen LogP contribution in [-0.4, -0.2) is 36.1 Å². The summed E-state index contributed by atoms with van der Waals surface area (Å²) in [6.45, 7) is -0.0639. The summed E-state index contributed by atoms with van der Waals surface area (Å²) in [7, 11) is 0. The number of nitrogens with zero attached hydrogens (tertiary/aromatic N) is 1. The predicted molar refractivity (Wildman–Crippen MR) is 79.8 cm³/mol. The monoisotopic (exact) mass is 359 g/mol. The van der Waals surface area contributed by atoms with Gasteiger partial charge in [0.25, 0.3) is 0 Å². The van der Waals surface area contributed by atoms with Crippen LogP contribution in [0.1, 0.15) is 44.9 Å². The SMILES string of the molecule is CSC(F)(F)C(F)(F)CCCCOC(=O)C1CCC(N=O)CC1. The number of hydrogen-bond donors (Lipinski definition) is 0. The van der Waals surface area contributed by atoms with E-state index in [1.807, 2.05) is 0 Å². The number of thioether (sulfide) groups is 1. The third kappa shape index (κ3) is 5.93. The minimum Gasteiger partial charge on any atom is -0.465 e. The Hall–Kier alpha value is -0.860. The maximum Gasteiger partial charge on any atom is 0.355 e. The summed E-state index contributed by atoms with van der Waals surface area (Å²) in [5, 5.41) is -1.15. The lowest BCUT2D eigenvalue weighted by molar-refractivity contribution is -0.157. The molecule has 0 saturated heterocycles. The van der Waals surface area contributed by atoms with Crippen molar-refractivity contribution in [1.82, 2.24) is 0 Å². The highest BCUT2D eigenvalue weighted by molar-refractivity contribution is 7.99. The molecule has 9 heteroatoms. The number of hydrogen-bond acceptors (Lipinski definition) is 5. The van der Waals surface area contributed by atoms with Gasteiger partial charge in [-0.2, -0.15) is 22.5 Å². The van der Waals surface area contributed by atoms with Crippen molar-refractivity contribution in [3.8, 4) is 0 Å². The molecule has 0 amide bonds. The molecule has 0 atom stereocenters. The Morgan fingerprint density at radius 1 is 1.17 bits per heavy atom. The van der Waals surface area contributed by atoms with Crippen LogP contribution in [0.15, 0.2) is 5.18 Å². The van der Waals surface area contributed by atoms with E-state index < -0.39 is 23.6 Å². The Balaban J connectivity index is 2.20. The quantitative estimate of drug-likeness (QED) is 0.261. The number of carbonyl (C=O) groups excluding carboxylic acids is 1. The van der Waals surface area contributed by atoms with Gasteiger partial charge in [-0.05, 0) is 44.8 Å². The minimum atomic E-state index is -4.09. The molecule has 0 bridgehead atoms. The van der Waals surface area contributed by atoms with Gasteiger partial charge in [0.05, 0.1) is 18.6 Å². The highest BCUT2D eigenvalue weighted by atomic mass is 32.2. The van der Waals surface area contributed by atoms with Crippen molar-refractivity contribution in [2.24, 2.45) is 11.1 Å². The molecule has 23 heavy (non-hydrogen) atoms. The molecule has 134 valence electrons. The average molecular weight is 359 g/mol. The van der Waals surface area contributed by atoms with Crippen LogP contribution in [0.5, 0.6) is 0 Å². The van der Waals surface area contributed by atoms with Crippen molar-refractivity contribution in [1.29, 1.82) is 0 Å². The zero-order valence-electron chi connectivity index (χ0n) is 12.9. The summed E-state index contributed by atoms with van der Waals surface area (Å²) >= 11 is -0.175. The molecule has 0 heterocycles. The van der Waals surface area contributed by atoms with Gasteiger partial charge in [-0.3, -0.25) is 4.79 Å². The third-order valence-electron chi connectivity index (χ3n) is 3.99. The summed E-state index contributed by atoms with van der Waals surface area (Å²) in [5.41, 5.74) is 0. The second kappa shape index (κ2) is 8.84. The van der Waals surface area contributed by atoms with Crippen LogP contribution in [0.4, 0.5) is 17.6 Å². The molecule has 0 aliphatic heterocycles. The number of halogens is 4. The highest BCUT2D eigenvalue weighted by Crippen LogP contribution is 2.44. The van der Waals surface area contributed by atoms with Crippen molar-refractivity contribution in [2.45, 2.75) is 62.2 Å². The fourth-order valence-electron chi connectivity index (χ4n) is 2.45. The lowest BCUT2D eigenvalue weighted by atomic mass is 9.86. The van der Waals surface area contributed by atoms with E-state index in [-0.39, 0.29) is 43.2 Å². The summed E-state index contributed by atoms with van der Waals surface area (Å²) in [6, 6.07) is -0.251. The van der Waals surface area contributed by atoms with Crippen molar-refractivity contribution in [3.63, 3.8) is 0 Å². The number of nitroso groups, excluding NO2 is 1. The first-order chi connectivity index (χ1) is 10.7. The van der Waals surface area contributed by atoms with Crippen molar-refractivity contribution in [2.75, 3.05) is 12.9 Å². The van der Waals surface area contributed by atoms with E-state index in [9.17, 15) is 27.3 Å². The van der Waals surface area contributed by atoms with Gasteiger partial charge >= 0.3 is 17.1 Å². The zero-order valence-corrected chi connectivity index (χ0v) is 13.7. The highest BCUT2D eigenvalue weighted by Gasteiger charge is 2.54. The van der Waals surface area contributed by atoms with Gasteiger partial charge in [0.2, 0.25) is 0 Å². The van der Waals surface area contributed by atoms with Crippen LogP contribution < -0.4 is 0 Å². The molecule has 0 N–H and O–H groups in total. The Morgan fingerprint density at radius 2 is 1.78 bits per heavy atom. The molecule has 1 aliphatic carbocycles. The summed E-state index contributed by atoms with van der Waals surface area (Å²) in [4.78, 5) is 22.1. The normalized spacial score (nSPS) is 22.7. The summed E-state index contributed by atoms with van der Waals surface area (Å²) in [6.07, 6.45) is 2.06. The van der Waals surface area contributed by atoms with E-state index in [4.69, 9.17) is 4.74 Å². The van der Waals surface area contributed by atoms with E-state index in [0.717, 1.165) is 6.26 Å². The Labute approximate surface area is 136 Å². The lowest BCUT2D eigenvalue weighted by Gasteiger charge is -2.25. The van der Waals surface area contributed by atoms with Crippen molar-refractivity contribution in [3.05, 3.63) is 4.91 Å². The van der Waals surface area contributed by atoms with Gasteiger partial charge in [0, 0.05) is 6.42 Å². The smallest absolute Gasteiger partial charge is 0.355 e. The first kappa shape index (κ1) is 20.2. The van der Waals surface area contributed by atoms with Crippen LogP contribution in [-0.2, 0) is 9.53 Å². The molecule has 0 spiro atoms. The molecule has 0 radical (unpaired) electrons. The average Bonchev–Trinajstić information content (AvgIpc) is 2.54. The molecule has 0 aromatic rings. The lowest BCUT2D eigenvalue weighted by Crippen LogP contribution is -2.37. The fraction of sp³-hybridized carbons (Fsp3) is 0.929. The Bertz CT molecular complexity index is 401. The van der Waals surface area contributed by atoms with Gasteiger partial charge in [-0.1, -0.05) is 16.9 Å². The van der Waals surface area contributed by atoms with Crippen LogP contribution in [0.2, 0.25) is 0 Å². The molecule has 1 fully saturated rings. The maximum atomic E-state index is 13.2. The second-order valence-electron chi connectivity index (χ2n) is 5.66. The van der Waals surface area contributed by atoms with E-state index in [2.05, 4.69) is 5.18 Å². The number of ether oxygens (including phenoxy) is 1.